The molecule has 0 spiro atoms. The summed E-state index contributed by atoms with van der Waals surface area (Å²) in [5.74, 6) is -3.69. The quantitative estimate of drug-likeness (QED) is 0.234. The van der Waals surface area contributed by atoms with Gasteiger partial charge >= 0.3 is 6.09 Å². The van der Waals surface area contributed by atoms with Crippen molar-refractivity contribution in [1.29, 1.82) is 0 Å². The lowest BCUT2D eigenvalue weighted by atomic mass is 9.84. The number of carbonyl (C=O) groups excluding carboxylic acids is 6. The molecule has 1 aromatic carbocycles. The lowest BCUT2D eigenvalue weighted by Crippen LogP contribution is -2.60. The third-order valence-electron chi connectivity index (χ3n) is 8.90. The second-order valence-corrected chi connectivity index (χ2v) is 13.7. The largest absolute Gasteiger partial charge is 0.445 e. The predicted octanol–water partition coefficient (Wildman–Crippen LogP) is 3.06. The Balaban J connectivity index is 1.56. The van der Waals surface area contributed by atoms with Crippen molar-refractivity contribution in [1.82, 2.24) is 25.8 Å². The van der Waals surface area contributed by atoms with Crippen LogP contribution < -0.4 is 16.0 Å². The predicted molar refractivity (Wildman–Crippen MR) is 173 cm³/mol. The van der Waals surface area contributed by atoms with E-state index < -0.39 is 58.9 Å². The summed E-state index contributed by atoms with van der Waals surface area (Å²) >= 11 is 0. The summed E-state index contributed by atoms with van der Waals surface area (Å²) in [6.45, 7) is 9.99. The zero-order valence-electron chi connectivity index (χ0n) is 27.7. The summed E-state index contributed by atoms with van der Waals surface area (Å²) in [5.41, 5.74) is 0.111. The first-order chi connectivity index (χ1) is 22.3. The first kappa shape index (κ1) is 35.2. The summed E-state index contributed by atoms with van der Waals surface area (Å²) in [6, 6.07) is 8.25. The number of likely N-dealkylation sites (tertiary alicyclic amines) is 1. The van der Waals surface area contributed by atoms with Gasteiger partial charge in [-0.05, 0) is 42.6 Å². The van der Waals surface area contributed by atoms with Crippen LogP contribution in [0.3, 0.4) is 0 Å². The van der Waals surface area contributed by atoms with Gasteiger partial charge in [-0.25, -0.2) is 4.79 Å². The molecule has 0 bridgehead atoms. The Bertz CT molecular complexity index is 1460. The van der Waals surface area contributed by atoms with Crippen LogP contribution in [0.5, 0.6) is 0 Å². The van der Waals surface area contributed by atoms with E-state index in [1.54, 1.807) is 63.5 Å². The van der Waals surface area contributed by atoms with Crippen LogP contribution in [-0.2, 0) is 30.5 Å². The van der Waals surface area contributed by atoms with E-state index in [4.69, 9.17) is 4.74 Å². The molecule has 3 N–H and O–H groups in total. The van der Waals surface area contributed by atoms with Gasteiger partial charge in [0.1, 0.15) is 18.7 Å². The highest BCUT2D eigenvalue weighted by molar-refractivity contribution is 6.45. The second kappa shape index (κ2) is 15.3. The molecule has 12 heteroatoms. The van der Waals surface area contributed by atoms with Crippen molar-refractivity contribution in [3.8, 4) is 0 Å². The summed E-state index contributed by atoms with van der Waals surface area (Å²) < 4.78 is 5.37. The van der Waals surface area contributed by atoms with Gasteiger partial charge in [0.05, 0.1) is 6.04 Å². The number of aromatic nitrogens is 1. The van der Waals surface area contributed by atoms with Crippen LogP contribution in [-0.4, -0.2) is 76.5 Å². The number of Topliss-reactive ketones (excluding diaryl/α,β-unsaturated/α-hetero) is 2. The monoisotopic (exact) mass is 647 g/mol. The molecule has 12 nitrogen and oxygen atoms in total. The summed E-state index contributed by atoms with van der Waals surface area (Å²) in [5, 5.41) is 8.23. The van der Waals surface area contributed by atoms with E-state index in [-0.39, 0.29) is 42.9 Å². The van der Waals surface area contributed by atoms with Crippen molar-refractivity contribution in [2.24, 2.45) is 23.2 Å². The molecule has 0 aliphatic carbocycles. The van der Waals surface area contributed by atoms with E-state index >= 15 is 0 Å². The molecule has 2 aliphatic heterocycles. The Morgan fingerprint density at radius 2 is 1.74 bits per heavy atom. The molecule has 5 atom stereocenters. The summed E-state index contributed by atoms with van der Waals surface area (Å²) in [6.07, 6.45) is 3.34. The molecular formula is C35H45N5O7. The molecule has 0 radical (unpaired) electrons. The van der Waals surface area contributed by atoms with Crippen molar-refractivity contribution in [3.05, 3.63) is 66.0 Å². The fourth-order valence-electron chi connectivity index (χ4n) is 6.24. The number of nitrogens with one attached hydrogen (secondary N) is 3. The van der Waals surface area contributed by atoms with Gasteiger partial charge in [-0.3, -0.25) is 29.0 Å². The topological polar surface area (TPSA) is 164 Å². The molecule has 4 amide bonds. The normalized spacial score (nSPS) is 20.7. The molecule has 0 saturated carbocycles. The summed E-state index contributed by atoms with van der Waals surface area (Å²) in [7, 11) is 0. The number of benzene rings is 1. The average molecular weight is 648 g/mol. The molecule has 2 fully saturated rings. The van der Waals surface area contributed by atoms with E-state index in [2.05, 4.69) is 20.9 Å². The Kier molecular flexibility index (Phi) is 11.5. The highest BCUT2D eigenvalue weighted by Crippen LogP contribution is 2.34. The zero-order valence-corrected chi connectivity index (χ0v) is 27.7. The SMILES string of the molecule is CC(C)[C@H]1CCN(C(=O)[C@@H](NC(=O)OCc2cccnc2)C(C)(C)C)[C@@H]1C(=O)NC(CC1CCNC1=O)C(=O)C(=O)c1ccccc1. The first-order valence-electron chi connectivity index (χ1n) is 16.1. The van der Waals surface area contributed by atoms with Crippen LogP contribution in [0.2, 0.25) is 0 Å². The van der Waals surface area contributed by atoms with Crippen molar-refractivity contribution in [2.75, 3.05) is 13.1 Å². The number of carbonyl (C=O) groups is 6. The molecule has 2 saturated heterocycles. The average Bonchev–Trinajstić information content (AvgIpc) is 3.68. The van der Waals surface area contributed by atoms with Crippen molar-refractivity contribution in [3.63, 3.8) is 0 Å². The van der Waals surface area contributed by atoms with E-state index in [0.717, 1.165) is 0 Å². The molecule has 3 heterocycles. The van der Waals surface area contributed by atoms with Crippen molar-refractivity contribution >= 4 is 35.4 Å². The molecule has 2 aromatic rings. The standard InChI is InChI=1S/C35H45N5O7/c1-21(2)25-14-17-40(33(45)30(35(3,4)5)39-34(46)47-20-22-10-9-15-36-19-22)27(25)32(44)38-26(18-24-13-16-37-31(24)43)29(42)28(41)23-11-7-6-8-12-23/h6-12,15,19,21,24-27,30H,13-14,16-18,20H2,1-5H3,(H,37,43)(H,38,44)(H,39,46)/t24?,25-,26?,27+,30-/m1/s1. The molecule has 1 aromatic heterocycles. The highest BCUT2D eigenvalue weighted by atomic mass is 16.5. The first-order valence-corrected chi connectivity index (χ1v) is 16.1. The van der Waals surface area contributed by atoms with Gasteiger partial charge in [0.25, 0.3) is 0 Å². The van der Waals surface area contributed by atoms with Gasteiger partial charge in [0.2, 0.25) is 29.3 Å². The molecule has 47 heavy (non-hydrogen) atoms. The molecule has 252 valence electrons. The summed E-state index contributed by atoms with van der Waals surface area (Å²) in [4.78, 5) is 86.0. The fourth-order valence-corrected chi connectivity index (χ4v) is 6.24. The van der Waals surface area contributed by atoms with E-state index in [1.807, 2.05) is 13.8 Å². The number of amides is 4. The van der Waals surface area contributed by atoms with Gasteiger partial charge in [0, 0.05) is 42.5 Å². The Hall–Kier alpha value is -4.61. The molecule has 4 rings (SSSR count). The van der Waals surface area contributed by atoms with Crippen LogP contribution in [0.1, 0.15) is 69.8 Å². The number of rotatable bonds is 12. The minimum Gasteiger partial charge on any atom is -0.445 e. The van der Waals surface area contributed by atoms with Crippen LogP contribution >= 0.6 is 0 Å². The maximum atomic E-state index is 14.2. The van der Waals surface area contributed by atoms with Crippen LogP contribution in [0, 0.1) is 23.2 Å². The Morgan fingerprint density at radius 3 is 2.34 bits per heavy atom. The molecule has 2 unspecified atom stereocenters. The van der Waals surface area contributed by atoms with Crippen molar-refractivity contribution in [2.45, 2.75) is 78.6 Å². The third-order valence-corrected chi connectivity index (χ3v) is 8.90. The molecule has 2 aliphatic rings. The number of nitrogens with zero attached hydrogens (tertiary/aromatic N) is 2. The van der Waals surface area contributed by atoms with Gasteiger partial charge in [-0.2, -0.15) is 0 Å². The van der Waals surface area contributed by atoms with Gasteiger partial charge in [-0.1, -0.05) is 71.0 Å². The zero-order chi connectivity index (χ0) is 34.3. The number of hydrogen-bond acceptors (Lipinski definition) is 8. The number of alkyl carbamates (subject to hydrolysis) is 1. The lowest BCUT2D eigenvalue weighted by Gasteiger charge is -2.36. The number of ether oxygens (including phenoxy) is 1. The third kappa shape index (κ3) is 8.81. The van der Waals surface area contributed by atoms with Gasteiger partial charge in [-0.15, -0.1) is 0 Å². The van der Waals surface area contributed by atoms with Crippen LogP contribution in [0.15, 0.2) is 54.9 Å². The van der Waals surface area contributed by atoms with Crippen molar-refractivity contribution < 1.29 is 33.5 Å². The Morgan fingerprint density at radius 1 is 1.02 bits per heavy atom. The minimum atomic E-state index is -1.27. The number of pyridine rings is 1. The van der Waals surface area contributed by atoms with E-state index in [1.165, 1.54) is 17.0 Å². The second-order valence-electron chi connectivity index (χ2n) is 13.7. The van der Waals surface area contributed by atoms with E-state index in [0.29, 0.717) is 24.9 Å². The van der Waals surface area contributed by atoms with Crippen LogP contribution in [0.25, 0.3) is 0 Å². The number of ketones is 2. The van der Waals surface area contributed by atoms with Gasteiger partial charge in [0.15, 0.2) is 0 Å². The smallest absolute Gasteiger partial charge is 0.408 e. The van der Waals surface area contributed by atoms with Gasteiger partial charge < -0.3 is 25.6 Å². The maximum absolute atomic E-state index is 14.2. The maximum Gasteiger partial charge on any atom is 0.408 e. The number of hydrogen-bond donors (Lipinski definition) is 3. The lowest BCUT2D eigenvalue weighted by molar-refractivity contribution is -0.143. The molecular weight excluding hydrogens is 602 g/mol. The van der Waals surface area contributed by atoms with E-state index in [9.17, 15) is 28.8 Å². The van der Waals surface area contributed by atoms with Crippen LogP contribution in [0.4, 0.5) is 4.79 Å². The Labute approximate surface area is 275 Å². The highest BCUT2D eigenvalue weighted by Gasteiger charge is 2.48. The fraction of sp³-hybridized carbons (Fsp3) is 0.514. The minimum absolute atomic E-state index is 0.00486.